The summed E-state index contributed by atoms with van der Waals surface area (Å²) in [6, 6.07) is 16.0. The number of imidazole rings is 1. The van der Waals surface area contributed by atoms with Crippen LogP contribution in [-0.4, -0.2) is 9.55 Å². The van der Waals surface area contributed by atoms with Gasteiger partial charge in [-0.1, -0.05) is 49.7 Å². The Bertz CT molecular complexity index is 777. The van der Waals surface area contributed by atoms with Gasteiger partial charge in [-0.25, -0.2) is 4.98 Å². The summed E-state index contributed by atoms with van der Waals surface area (Å²) < 4.78 is 2.23. The van der Waals surface area contributed by atoms with Gasteiger partial charge in [-0.15, -0.1) is 0 Å². The maximum atomic E-state index is 6.25. The van der Waals surface area contributed by atoms with Crippen LogP contribution in [0.4, 0.5) is 11.6 Å². The number of halogens is 1. The molecule has 0 aliphatic rings. The van der Waals surface area contributed by atoms with Crippen molar-refractivity contribution < 1.29 is 0 Å². The molecule has 1 aromatic heterocycles. The molecule has 0 saturated carbocycles. The number of nitrogens with zero attached hydrogens (tertiary/aromatic N) is 2. The Labute approximate surface area is 135 Å². The minimum absolute atomic E-state index is 0.648. The lowest BCUT2D eigenvalue weighted by Gasteiger charge is -2.13. The van der Waals surface area contributed by atoms with Gasteiger partial charge in [0.1, 0.15) is 0 Å². The van der Waals surface area contributed by atoms with Crippen molar-refractivity contribution in [2.75, 3.05) is 5.32 Å². The molecule has 0 aliphatic carbocycles. The van der Waals surface area contributed by atoms with E-state index in [9.17, 15) is 0 Å². The van der Waals surface area contributed by atoms with Crippen LogP contribution in [-0.2, 0) is 6.54 Å². The predicted octanol–water partition coefficient (Wildman–Crippen LogP) is 5.48. The van der Waals surface area contributed by atoms with Crippen molar-refractivity contribution in [1.82, 2.24) is 9.55 Å². The minimum atomic E-state index is 0.648. The zero-order valence-corrected chi connectivity index (χ0v) is 13.6. The van der Waals surface area contributed by atoms with Crippen molar-refractivity contribution in [1.29, 1.82) is 0 Å². The smallest absolute Gasteiger partial charge is 0.208 e. The molecule has 0 spiro atoms. The highest BCUT2D eigenvalue weighted by Gasteiger charge is 2.12. The number of benzene rings is 2. The highest BCUT2D eigenvalue weighted by Crippen LogP contribution is 2.27. The molecular formula is C18H20ClN3. The second-order valence-electron chi connectivity index (χ2n) is 5.86. The fraction of sp³-hybridized carbons (Fsp3) is 0.278. The molecule has 114 valence electrons. The predicted molar refractivity (Wildman–Crippen MR) is 93.9 cm³/mol. The number of hydrogen-bond acceptors (Lipinski definition) is 2. The molecule has 1 N–H and O–H groups in total. The van der Waals surface area contributed by atoms with Gasteiger partial charge in [-0.05, 0) is 36.6 Å². The standard InChI is InChI=1S/C18H20ClN3/c1-13(2)11-12-22-17-10-6-5-9-16(17)21-18(22)20-15-8-4-3-7-14(15)19/h3-10,13H,11-12H2,1-2H3,(H,20,21). The Morgan fingerprint density at radius 3 is 2.59 bits per heavy atom. The van der Waals surface area contributed by atoms with E-state index < -0.39 is 0 Å². The summed E-state index contributed by atoms with van der Waals surface area (Å²) in [7, 11) is 0. The summed E-state index contributed by atoms with van der Waals surface area (Å²) >= 11 is 6.25. The molecule has 2 aromatic carbocycles. The van der Waals surface area contributed by atoms with E-state index in [-0.39, 0.29) is 0 Å². The molecule has 0 radical (unpaired) electrons. The lowest BCUT2D eigenvalue weighted by molar-refractivity contribution is 0.526. The van der Waals surface area contributed by atoms with Gasteiger partial charge >= 0.3 is 0 Å². The van der Waals surface area contributed by atoms with E-state index in [0.29, 0.717) is 10.9 Å². The average molecular weight is 314 g/mol. The SMILES string of the molecule is CC(C)CCn1c(Nc2ccccc2Cl)nc2ccccc21. The van der Waals surface area contributed by atoms with E-state index in [1.807, 2.05) is 36.4 Å². The molecule has 0 saturated heterocycles. The van der Waals surface area contributed by atoms with Crippen LogP contribution in [0.5, 0.6) is 0 Å². The first-order valence-corrected chi connectivity index (χ1v) is 8.00. The van der Waals surface area contributed by atoms with Gasteiger partial charge < -0.3 is 9.88 Å². The van der Waals surface area contributed by atoms with Crippen molar-refractivity contribution in [3.63, 3.8) is 0 Å². The molecule has 0 aliphatic heterocycles. The monoisotopic (exact) mass is 313 g/mol. The topological polar surface area (TPSA) is 29.9 Å². The summed E-state index contributed by atoms with van der Waals surface area (Å²) in [5, 5.41) is 4.07. The maximum Gasteiger partial charge on any atom is 0.208 e. The number of anilines is 2. The Balaban J connectivity index is 2.00. The van der Waals surface area contributed by atoms with E-state index in [1.54, 1.807) is 0 Å². The van der Waals surface area contributed by atoms with Crippen LogP contribution in [0.3, 0.4) is 0 Å². The molecule has 22 heavy (non-hydrogen) atoms. The van der Waals surface area contributed by atoms with Crippen molar-refractivity contribution >= 4 is 34.3 Å². The quantitative estimate of drug-likeness (QED) is 0.676. The highest BCUT2D eigenvalue weighted by molar-refractivity contribution is 6.33. The number of hydrogen-bond donors (Lipinski definition) is 1. The van der Waals surface area contributed by atoms with Gasteiger partial charge in [0.2, 0.25) is 5.95 Å². The number of para-hydroxylation sites is 3. The number of fused-ring (bicyclic) bond motifs is 1. The van der Waals surface area contributed by atoms with Gasteiger partial charge in [0, 0.05) is 6.54 Å². The Morgan fingerprint density at radius 1 is 1.09 bits per heavy atom. The molecule has 0 bridgehead atoms. The summed E-state index contributed by atoms with van der Waals surface area (Å²) in [6.07, 6.45) is 1.11. The Morgan fingerprint density at radius 2 is 1.82 bits per heavy atom. The molecule has 3 nitrogen and oxygen atoms in total. The van der Waals surface area contributed by atoms with E-state index >= 15 is 0 Å². The molecule has 4 heteroatoms. The Kier molecular flexibility index (Phi) is 4.34. The van der Waals surface area contributed by atoms with Crippen molar-refractivity contribution in [3.05, 3.63) is 53.6 Å². The van der Waals surface area contributed by atoms with Crippen LogP contribution < -0.4 is 5.32 Å². The molecule has 0 atom stereocenters. The molecule has 0 fully saturated rings. The Hall–Kier alpha value is -2.00. The first-order valence-electron chi connectivity index (χ1n) is 7.62. The molecular weight excluding hydrogens is 294 g/mol. The van der Waals surface area contributed by atoms with Crippen LogP contribution in [0.15, 0.2) is 48.5 Å². The first-order chi connectivity index (χ1) is 10.6. The van der Waals surface area contributed by atoms with Crippen LogP contribution in [0.1, 0.15) is 20.3 Å². The van der Waals surface area contributed by atoms with Gasteiger partial charge in [-0.2, -0.15) is 0 Å². The fourth-order valence-electron chi connectivity index (χ4n) is 2.47. The zero-order valence-electron chi connectivity index (χ0n) is 12.9. The lowest BCUT2D eigenvalue weighted by Crippen LogP contribution is -2.06. The second-order valence-corrected chi connectivity index (χ2v) is 6.27. The third-order valence-corrected chi connectivity index (χ3v) is 4.03. The van der Waals surface area contributed by atoms with Crippen LogP contribution in [0, 0.1) is 5.92 Å². The van der Waals surface area contributed by atoms with Crippen molar-refractivity contribution in [2.24, 2.45) is 5.92 Å². The summed E-state index contributed by atoms with van der Waals surface area (Å²) in [6.45, 7) is 5.41. The van der Waals surface area contributed by atoms with E-state index in [1.165, 1.54) is 0 Å². The van der Waals surface area contributed by atoms with Crippen LogP contribution in [0.2, 0.25) is 5.02 Å². The third-order valence-electron chi connectivity index (χ3n) is 3.70. The third kappa shape index (κ3) is 3.09. The maximum absolute atomic E-state index is 6.25. The number of rotatable bonds is 5. The number of aryl methyl sites for hydroxylation is 1. The largest absolute Gasteiger partial charge is 0.324 e. The molecule has 1 heterocycles. The van der Waals surface area contributed by atoms with Crippen molar-refractivity contribution in [2.45, 2.75) is 26.8 Å². The summed E-state index contributed by atoms with van der Waals surface area (Å²) in [5.41, 5.74) is 3.03. The second kappa shape index (κ2) is 6.41. The summed E-state index contributed by atoms with van der Waals surface area (Å²) in [4.78, 5) is 4.72. The van der Waals surface area contributed by atoms with E-state index in [4.69, 9.17) is 16.6 Å². The highest BCUT2D eigenvalue weighted by atomic mass is 35.5. The van der Waals surface area contributed by atoms with E-state index in [0.717, 1.165) is 35.6 Å². The number of nitrogens with one attached hydrogen (secondary N) is 1. The van der Waals surface area contributed by atoms with E-state index in [2.05, 4.69) is 35.9 Å². The van der Waals surface area contributed by atoms with Gasteiger partial charge in [0.05, 0.1) is 21.7 Å². The summed E-state index contributed by atoms with van der Waals surface area (Å²) in [5.74, 6) is 1.49. The van der Waals surface area contributed by atoms with Gasteiger partial charge in [-0.3, -0.25) is 0 Å². The number of aromatic nitrogens is 2. The zero-order chi connectivity index (χ0) is 15.5. The van der Waals surface area contributed by atoms with Gasteiger partial charge in [0.25, 0.3) is 0 Å². The fourth-order valence-corrected chi connectivity index (χ4v) is 2.65. The lowest BCUT2D eigenvalue weighted by atomic mass is 10.1. The van der Waals surface area contributed by atoms with Crippen molar-refractivity contribution in [3.8, 4) is 0 Å². The van der Waals surface area contributed by atoms with Crippen LogP contribution in [0.25, 0.3) is 11.0 Å². The minimum Gasteiger partial charge on any atom is -0.324 e. The average Bonchev–Trinajstić information content (AvgIpc) is 2.85. The first kappa shape index (κ1) is 14.9. The van der Waals surface area contributed by atoms with Gasteiger partial charge in [0.15, 0.2) is 0 Å². The molecule has 0 unspecified atom stereocenters. The molecule has 3 rings (SSSR count). The van der Waals surface area contributed by atoms with Crippen LogP contribution >= 0.6 is 11.6 Å². The molecule has 0 amide bonds. The molecule has 3 aromatic rings. The normalized spacial score (nSPS) is 11.3.